The second kappa shape index (κ2) is 3.55. The summed E-state index contributed by atoms with van der Waals surface area (Å²) in [6.45, 7) is 2.68. The lowest BCUT2D eigenvalue weighted by atomic mass is 9.68. The van der Waals surface area contributed by atoms with Crippen LogP contribution in [0.25, 0.3) is 0 Å². The van der Waals surface area contributed by atoms with E-state index in [4.69, 9.17) is 0 Å². The van der Waals surface area contributed by atoms with E-state index in [0.717, 1.165) is 6.42 Å². The highest BCUT2D eigenvalue weighted by Crippen LogP contribution is 2.51. The molecule has 1 spiro atoms. The van der Waals surface area contributed by atoms with Crippen LogP contribution in [-0.2, 0) is 10.0 Å². The second-order valence-electron chi connectivity index (χ2n) is 5.37. The number of H-pyrrole nitrogens is 1. The Kier molecular flexibility index (Phi) is 2.35. The summed E-state index contributed by atoms with van der Waals surface area (Å²) < 4.78 is 26.4. The van der Waals surface area contributed by atoms with E-state index in [0.29, 0.717) is 6.54 Å². The van der Waals surface area contributed by atoms with Crippen LogP contribution in [0.4, 0.5) is 0 Å². The summed E-state index contributed by atoms with van der Waals surface area (Å²) in [5.41, 5.74) is 0.270. The minimum atomic E-state index is -3.38. The molecule has 94 valence electrons. The van der Waals surface area contributed by atoms with Gasteiger partial charge in [-0.15, -0.1) is 0 Å². The van der Waals surface area contributed by atoms with Crippen molar-refractivity contribution in [2.24, 2.45) is 5.41 Å². The lowest BCUT2D eigenvalue weighted by Gasteiger charge is -2.37. The highest BCUT2D eigenvalue weighted by molar-refractivity contribution is 7.89. The van der Waals surface area contributed by atoms with Crippen LogP contribution in [0, 0.1) is 5.41 Å². The van der Waals surface area contributed by atoms with Crippen LogP contribution in [0.5, 0.6) is 0 Å². The highest BCUT2D eigenvalue weighted by atomic mass is 32.2. The lowest BCUT2D eigenvalue weighted by Crippen LogP contribution is -2.37. The van der Waals surface area contributed by atoms with Gasteiger partial charge in [0.2, 0.25) is 0 Å². The summed E-state index contributed by atoms with van der Waals surface area (Å²) in [4.78, 5) is 6.49. The fourth-order valence-corrected chi connectivity index (χ4v) is 4.79. The Morgan fingerprint density at radius 2 is 2.29 bits per heavy atom. The van der Waals surface area contributed by atoms with Gasteiger partial charge in [0.05, 0.1) is 12.5 Å². The molecule has 1 aromatic rings. The van der Waals surface area contributed by atoms with Crippen molar-refractivity contribution in [3.05, 3.63) is 12.5 Å². The quantitative estimate of drug-likeness (QED) is 0.867. The molecular weight excluding hydrogens is 238 g/mol. The number of aromatic amines is 1. The van der Waals surface area contributed by atoms with E-state index in [-0.39, 0.29) is 16.5 Å². The molecule has 0 aromatic carbocycles. The molecule has 5 nitrogen and oxygen atoms in total. The fraction of sp³-hybridized carbons (Fsp3) is 0.727. The molecule has 1 saturated heterocycles. The molecule has 2 heterocycles. The Labute approximate surface area is 101 Å². The molecule has 2 aliphatic rings. The maximum Gasteiger partial charge on any atom is 0.260 e. The molecule has 1 saturated carbocycles. The fourth-order valence-electron chi connectivity index (χ4n) is 3.15. The first kappa shape index (κ1) is 11.2. The van der Waals surface area contributed by atoms with Gasteiger partial charge in [-0.25, -0.2) is 13.4 Å². The molecule has 2 fully saturated rings. The zero-order chi connectivity index (χ0) is 12.1. The van der Waals surface area contributed by atoms with Crippen LogP contribution in [-0.4, -0.2) is 35.3 Å². The summed E-state index contributed by atoms with van der Waals surface area (Å²) in [6.07, 6.45) is 7.38. The second-order valence-corrected chi connectivity index (χ2v) is 7.23. The monoisotopic (exact) mass is 255 g/mol. The van der Waals surface area contributed by atoms with E-state index in [2.05, 4.69) is 9.97 Å². The molecule has 17 heavy (non-hydrogen) atoms. The van der Waals surface area contributed by atoms with Crippen LogP contribution in [0.15, 0.2) is 17.6 Å². The molecule has 0 radical (unpaired) electrons. The first-order valence-electron chi connectivity index (χ1n) is 6.04. The standard InChI is InChI=1S/C11H17N3O2S/c1-9-5-11(3-2-4-11)7-14(9)17(15,16)10-6-12-8-13-10/h6,8-9H,2-5,7H2,1H3,(H,12,13). The van der Waals surface area contributed by atoms with Gasteiger partial charge in [0.1, 0.15) is 0 Å². The number of sulfonamides is 1. The number of nitrogens with one attached hydrogen (secondary N) is 1. The first-order valence-corrected chi connectivity index (χ1v) is 7.48. The van der Waals surface area contributed by atoms with E-state index in [1.54, 1.807) is 4.31 Å². The molecule has 6 heteroatoms. The number of nitrogens with zero attached hydrogens (tertiary/aromatic N) is 2. The first-order chi connectivity index (χ1) is 8.04. The lowest BCUT2D eigenvalue weighted by molar-refractivity contribution is 0.152. The zero-order valence-electron chi connectivity index (χ0n) is 9.89. The smallest absolute Gasteiger partial charge is 0.260 e. The van der Waals surface area contributed by atoms with Gasteiger partial charge in [0, 0.05) is 12.6 Å². The van der Waals surface area contributed by atoms with E-state index in [1.807, 2.05) is 6.92 Å². The van der Waals surface area contributed by atoms with Crippen molar-refractivity contribution in [1.82, 2.24) is 14.3 Å². The van der Waals surface area contributed by atoms with Crippen LogP contribution < -0.4 is 0 Å². The average molecular weight is 255 g/mol. The molecule has 1 unspecified atom stereocenters. The Hall–Kier alpha value is -0.880. The van der Waals surface area contributed by atoms with Crippen molar-refractivity contribution >= 4 is 10.0 Å². The topological polar surface area (TPSA) is 66.1 Å². The predicted molar refractivity (Wildman–Crippen MR) is 62.8 cm³/mol. The van der Waals surface area contributed by atoms with Crippen molar-refractivity contribution < 1.29 is 8.42 Å². The molecule has 3 rings (SSSR count). The van der Waals surface area contributed by atoms with Crippen molar-refractivity contribution in [2.45, 2.75) is 43.7 Å². The van der Waals surface area contributed by atoms with Gasteiger partial charge < -0.3 is 4.98 Å². The maximum absolute atomic E-state index is 12.4. The Bertz CT molecular complexity index is 505. The van der Waals surface area contributed by atoms with Gasteiger partial charge >= 0.3 is 0 Å². The third-order valence-electron chi connectivity index (χ3n) is 4.19. The third kappa shape index (κ3) is 1.62. The maximum atomic E-state index is 12.4. The zero-order valence-corrected chi connectivity index (χ0v) is 10.7. The van der Waals surface area contributed by atoms with Crippen LogP contribution in [0.3, 0.4) is 0 Å². The summed E-state index contributed by atoms with van der Waals surface area (Å²) in [6, 6.07) is 0.101. The SMILES string of the molecule is CC1CC2(CCC2)CN1S(=O)(=O)c1cnc[nH]1. The van der Waals surface area contributed by atoms with Gasteiger partial charge in [-0.2, -0.15) is 4.31 Å². The number of rotatable bonds is 2. The number of hydrogen-bond acceptors (Lipinski definition) is 3. The van der Waals surface area contributed by atoms with Gasteiger partial charge in [0.25, 0.3) is 10.0 Å². The van der Waals surface area contributed by atoms with Crippen LogP contribution in [0.2, 0.25) is 0 Å². The minimum absolute atomic E-state index is 0.101. The normalized spacial score (nSPS) is 28.4. The van der Waals surface area contributed by atoms with Gasteiger partial charge in [-0.1, -0.05) is 6.42 Å². The largest absolute Gasteiger partial charge is 0.335 e. The number of hydrogen-bond donors (Lipinski definition) is 1. The summed E-state index contributed by atoms with van der Waals surface area (Å²) in [5, 5.41) is 0.209. The predicted octanol–water partition coefficient (Wildman–Crippen LogP) is 1.36. The van der Waals surface area contributed by atoms with Crippen molar-refractivity contribution in [3.8, 4) is 0 Å². The molecular formula is C11H17N3O2S. The molecule has 1 atom stereocenters. The van der Waals surface area contributed by atoms with Gasteiger partial charge in [-0.3, -0.25) is 0 Å². The molecule has 1 aliphatic heterocycles. The molecule has 1 aliphatic carbocycles. The van der Waals surface area contributed by atoms with Crippen LogP contribution >= 0.6 is 0 Å². The van der Waals surface area contributed by atoms with Gasteiger partial charge in [0.15, 0.2) is 5.03 Å². The Morgan fingerprint density at radius 1 is 1.53 bits per heavy atom. The number of imidazole rings is 1. The summed E-state index contributed by atoms with van der Waals surface area (Å²) in [5.74, 6) is 0. The Balaban J connectivity index is 1.90. The molecule has 0 bridgehead atoms. The van der Waals surface area contributed by atoms with Crippen molar-refractivity contribution in [3.63, 3.8) is 0 Å². The number of aromatic nitrogens is 2. The minimum Gasteiger partial charge on any atom is -0.335 e. The van der Waals surface area contributed by atoms with E-state index < -0.39 is 10.0 Å². The van der Waals surface area contributed by atoms with Crippen LogP contribution in [0.1, 0.15) is 32.6 Å². The highest BCUT2D eigenvalue weighted by Gasteiger charge is 2.50. The summed E-state index contributed by atoms with van der Waals surface area (Å²) >= 11 is 0. The van der Waals surface area contributed by atoms with E-state index in [1.165, 1.54) is 31.8 Å². The Morgan fingerprint density at radius 3 is 2.76 bits per heavy atom. The van der Waals surface area contributed by atoms with E-state index in [9.17, 15) is 8.42 Å². The third-order valence-corrected chi connectivity index (χ3v) is 6.07. The van der Waals surface area contributed by atoms with Crippen molar-refractivity contribution in [2.75, 3.05) is 6.54 Å². The van der Waals surface area contributed by atoms with Gasteiger partial charge in [-0.05, 0) is 31.6 Å². The van der Waals surface area contributed by atoms with Crippen molar-refractivity contribution in [1.29, 1.82) is 0 Å². The van der Waals surface area contributed by atoms with E-state index >= 15 is 0 Å². The molecule has 1 N–H and O–H groups in total. The molecule has 0 amide bonds. The average Bonchev–Trinajstić information content (AvgIpc) is 2.82. The molecule has 1 aromatic heterocycles. The summed E-state index contributed by atoms with van der Waals surface area (Å²) in [7, 11) is -3.38.